The zero-order valence-electron chi connectivity index (χ0n) is 14.3. The summed E-state index contributed by atoms with van der Waals surface area (Å²) in [5, 5.41) is 5.49. The number of carbonyl (C=O) groups is 2. The van der Waals surface area contributed by atoms with Gasteiger partial charge in [0.2, 0.25) is 11.8 Å². The van der Waals surface area contributed by atoms with Crippen molar-refractivity contribution in [3.05, 3.63) is 29.7 Å². The highest BCUT2D eigenvalue weighted by molar-refractivity contribution is 7.91. The minimum Gasteiger partial charge on any atom is -0.351 e. The molecule has 25 heavy (non-hydrogen) atoms. The fraction of sp³-hybridized carbons (Fsp3) is 0.500. The average Bonchev–Trinajstić information content (AvgIpc) is 3.02. The Balaban J connectivity index is 2.06. The predicted octanol–water partition coefficient (Wildman–Crippen LogP) is 1.23. The molecule has 2 amide bonds. The number of nitrogens with one attached hydrogen (secondary N) is 2. The van der Waals surface area contributed by atoms with Crippen molar-refractivity contribution < 1.29 is 18.0 Å². The number of hydrogen-bond donors (Lipinski definition) is 2. The van der Waals surface area contributed by atoms with E-state index >= 15 is 0 Å². The van der Waals surface area contributed by atoms with Crippen molar-refractivity contribution in [2.24, 2.45) is 0 Å². The van der Waals surface area contributed by atoms with E-state index in [-0.39, 0.29) is 28.1 Å². The second-order valence-electron chi connectivity index (χ2n) is 6.03. The maximum absolute atomic E-state index is 12.9. The molecular weight excluding hydrogens is 362 g/mol. The van der Waals surface area contributed by atoms with Crippen LogP contribution in [0.1, 0.15) is 31.6 Å². The van der Waals surface area contributed by atoms with Gasteiger partial charge in [0.05, 0.1) is 6.54 Å². The molecule has 2 rings (SSSR count). The molecule has 0 aromatic carbocycles. The van der Waals surface area contributed by atoms with E-state index in [2.05, 4.69) is 17.2 Å². The molecule has 0 radical (unpaired) electrons. The molecule has 0 saturated carbocycles. The molecule has 0 spiro atoms. The highest BCUT2D eigenvalue weighted by atomic mass is 32.2. The maximum atomic E-state index is 12.9. The van der Waals surface area contributed by atoms with E-state index < -0.39 is 10.0 Å². The number of carbonyl (C=O) groups excluding carboxylic acids is 2. The van der Waals surface area contributed by atoms with E-state index in [4.69, 9.17) is 0 Å². The van der Waals surface area contributed by atoms with Crippen LogP contribution in [0.3, 0.4) is 0 Å². The highest BCUT2D eigenvalue weighted by Gasteiger charge is 2.35. The number of amides is 2. The zero-order valence-corrected chi connectivity index (χ0v) is 16.0. The van der Waals surface area contributed by atoms with Crippen LogP contribution in [-0.2, 0) is 26.2 Å². The molecule has 1 saturated heterocycles. The van der Waals surface area contributed by atoms with Crippen LogP contribution in [0.4, 0.5) is 0 Å². The number of piperidine rings is 1. The molecule has 9 heteroatoms. The van der Waals surface area contributed by atoms with Crippen LogP contribution < -0.4 is 10.6 Å². The van der Waals surface area contributed by atoms with Crippen LogP contribution in [0, 0.1) is 0 Å². The molecule has 1 aliphatic heterocycles. The Morgan fingerprint density at radius 2 is 2.16 bits per heavy atom. The van der Waals surface area contributed by atoms with E-state index in [1.807, 2.05) is 6.92 Å². The third kappa shape index (κ3) is 4.90. The fourth-order valence-electron chi connectivity index (χ4n) is 2.82. The van der Waals surface area contributed by atoms with Crippen molar-refractivity contribution in [1.82, 2.24) is 14.9 Å². The van der Waals surface area contributed by atoms with Crippen molar-refractivity contribution in [2.75, 3.05) is 6.54 Å². The molecule has 138 valence electrons. The lowest BCUT2D eigenvalue weighted by Gasteiger charge is -2.36. The van der Waals surface area contributed by atoms with Gasteiger partial charge in [0, 0.05) is 30.4 Å². The smallest absolute Gasteiger partial charge is 0.252 e. The second kappa shape index (κ2) is 8.11. The van der Waals surface area contributed by atoms with E-state index in [0.29, 0.717) is 25.9 Å². The molecule has 1 fully saturated rings. The van der Waals surface area contributed by atoms with Crippen LogP contribution in [0.25, 0.3) is 0 Å². The quantitative estimate of drug-likeness (QED) is 0.720. The number of rotatable bonds is 6. The van der Waals surface area contributed by atoms with E-state index in [1.54, 1.807) is 12.1 Å². The lowest BCUT2D eigenvalue weighted by molar-refractivity contribution is -0.119. The third-order valence-corrected chi connectivity index (χ3v) is 7.62. The molecule has 0 aliphatic carbocycles. The molecule has 2 heterocycles. The summed E-state index contributed by atoms with van der Waals surface area (Å²) >= 11 is 1.17. The number of thiophene rings is 1. The van der Waals surface area contributed by atoms with Crippen LogP contribution >= 0.6 is 11.3 Å². The van der Waals surface area contributed by atoms with Gasteiger partial charge in [0.1, 0.15) is 4.21 Å². The summed E-state index contributed by atoms with van der Waals surface area (Å²) in [4.78, 5) is 23.2. The Kier molecular flexibility index (Phi) is 6.36. The first-order chi connectivity index (χ1) is 11.7. The van der Waals surface area contributed by atoms with Gasteiger partial charge in [-0.25, -0.2) is 8.42 Å². The largest absolute Gasteiger partial charge is 0.351 e. The maximum Gasteiger partial charge on any atom is 0.252 e. The van der Waals surface area contributed by atoms with Gasteiger partial charge in [-0.15, -0.1) is 11.3 Å². The van der Waals surface area contributed by atoms with Gasteiger partial charge >= 0.3 is 0 Å². The van der Waals surface area contributed by atoms with Crippen molar-refractivity contribution in [3.63, 3.8) is 0 Å². The predicted molar refractivity (Wildman–Crippen MR) is 96.6 cm³/mol. The van der Waals surface area contributed by atoms with E-state index in [1.165, 1.54) is 28.6 Å². The number of sulfonamides is 1. The molecule has 1 aromatic heterocycles. The van der Waals surface area contributed by atoms with Crippen LogP contribution in [0.15, 0.2) is 29.0 Å². The van der Waals surface area contributed by atoms with Crippen molar-refractivity contribution in [2.45, 2.75) is 49.5 Å². The second-order valence-corrected chi connectivity index (χ2v) is 9.31. The molecule has 1 aliphatic rings. The average molecular weight is 386 g/mol. The summed E-state index contributed by atoms with van der Waals surface area (Å²) in [6.07, 6.45) is 2.34. The number of nitrogens with zero attached hydrogens (tertiary/aromatic N) is 1. The first kappa shape index (κ1) is 19.6. The molecule has 2 unspecified atom stereocenters. The van der Waals surface area contributed by atoms with Crippen LogP contribution in [0.2, 0.25) is 0 Å². The van der Waals surface area contributed by atoms with Crippen LogP contribution in [0.5, 0.6) is 0 Å². The van der Waals surface area contributed by atoms with Gasteiger partial charge < -0.3 is 10.6 Å². The summed E-state index contributed by atoms with van der Waals surface area (Å²) in [6.45, 7) is 7.36. The Hall–Kier alpha value is -1.71. The van der Waals surface area contributed by atoms with Gasteiger partial charge in [-0.3, -0.25) is 9.59 Å². The van der Waals surface area contributed by atoms with E-state index in [9.17, 15) is 18.0 Å². The lowest BCUT2D eigenvalue weighted by Crippen LogP contribution is -2.50. The molecular formula is C16H23N3O4S2. The summed E-state index contributed by atoms with van der Waals surface area (Å²) in [5.74, 6) is -0.399. The standard InChI is InChI=1S/C16H23N3O4S2/c1-4-15(21)18-13-7-8-19(11(2)9-13)25(22,23)16-6-5-14(24-16)10-17-12(3)20/h4-6,11,13H,1,7-10H2,2-3H3,(H,17,20)(H,18,21). The van der Waals surface area contributed by atoms with Gasteiger partial charge in [0.15, 0.2) is 0 Å². The van der Waals surface area contributed by atoms with Crippen molar-refractivity contribution in [1.29, 1.82) is 0 Å². The Bertz CT molecular complexity index is 757. The zero-order chi connectivity index (χ0) is 18.6. The normalized spacial score (nSPS) is 21.5. The molecule has 0 bridgehead atoms. The third-order valence-electron chi connectivity index (χ3n) is 4.06. The summed E-state index contributed by atoms with van der Waals surface area (Å²) in [5.41, 5.74) is 0. The SMILES string of the molecule is C=CC(=O)NC1CCN(S(=O)(=O)c2ccc(CNC(C)=O)s2)C(C)C1. The first-order valence-electron chi connectivity index (χ1n) is 8.02. The minimum atomic E-state index is -3.58. The topological polar surface area (TPSA) is 95.6 Å². The van der Waals surface area contributed by atoms with E-state index in [0.717, 1.165) is 4.88 Å². The van der Waals surface area contributed by atoms with Gasteiger partial charge in [-0.05, 0) is 38.0 Å². The molecule has 7 nitrogen and oxygen atoms in total. The van der Waals surface area contributed by atoms with Crippen LogP contribution in [-0.4, -0.2) is 43.2 Å². The van der Waals surface area contributed by atoms with Crippen molar-refractivity contribution in [3.8, 4) is 0 Å². The molecule has 2 atom stereocenters. The monoisotopic (exact) mass is 385 g/mol. The minimum absolute atomic E-state index is 0.0504. The van der Waals surface area contributed by atoms with Gasteiger partial charge in [-0.2, -0.15) is 4.31 Å². The summed E-state index contributed by atoms with van der Waals surface area (Å²) < 4.78 is 27.5. The highest BCUT2D eigenvalue weighted by Crippen LogP contribution is 2.29. The Labute approximate surface area is 152 Å². The number of hydrogen-bond acceptors (Lipinski definition) is 5. The Morgan fingerprint density at radius 1 is 1.44 bits per heavy atom. The molecule has 1 aromatic rings. The summed E-state index contributed by atoms with van der Waals surface area (Å²) in [7, 11) is -3.58. The first-order valence-corrected chi connectivity index (χ1v) is 10.3. The summed E-state index contributed by atoms with van der Waals surface area (Å²) in [6, 6.07) is 3.03. The van der Waals surface area contributed by atoms with Gasteiger partial charge in [0.25, 0.3) is 10.0 Å². The van der Waals surface area contributed by atoms with Crippen molar-refractivity contribution >= 4 is 33.2 Å². The molecule has 2 N–H and O–H groups in total. The van der Waals surface area contributed by atoms with Gasteiger partial charge in [-0.1, -0.05) is 6.58 Å². The fourth-order valence-corrected chi connectivity index (χ4v) is 5.90. The lowest BCUT2D eigenvalue weighted by atomic mass is 10.0. The Morgan fingerprint density at radius 3 is 2.76 bits per heavy atom.